The zero-order chi connectivity index (χ0) is 28.3. The number of nitriles is 1. The quantitative estimate of drug-likeness (QED) is 0.475. The van der Waals surface area contributed by atoms with Crippen molar-refractivity contribution in [3.8, 4) is 6.07 Å². The maximum Gasteiger partial charge on any atom is 0.410 e. The molecule has 2 N–H and O–H groups in total. The molecule has 13 heteroatoms. The topological polar surface area (TPSA) is 153 Å². The van der Waals surface area contributed by atoms with E-state index in [1.165, 1.54) is 34.8 Å². The van der Waals surface area contributed by atoms with Gasteiger partial charge in [0.2, 0.25) is 10.0 Å². The Morgan fingerprint density at radius 2 is 1.67 bits per heavy atom. The molecule has 3 fully saturated rings. The summed E-state index contributed by atoms with van der Waals surface area (Å²) in [7, 11) is -7.96. The molecule has 0 spiro atoms. The summed E-state index contributed by atoms with van der Waals surface area (Å²) < 4.78 is 62.2. The van der Waals surface area contributed by atoms with Crippen LogP contribution in [0.1, 0.15) is 38.3 Å². The van der Waals surface area contributed by atoms with Crippen LogP contribution in [-0.2, 0) is 24.8 Å². The molecule has 2 atom stereocenters. The predicted molar refractivity (Wildman–Crippen MR) is 144 cm³/mol. The first-order valence-corrected chi connectivity index (χ1v) is 15.3. The molecule has 11 nitrogen and oxygen atoms in total. The number of carbonyl (C=O) groups is 1. The Morgan fingerprint density at radius 3 is 2.26 bits per heavy atom. The number of fused-ring (bicyclic) bond motifs is 3. The van der Waals surface area contributed by atoms with E-state index in [2.05, 4.69) is 15.8 Å². The van der Waals surface area contributed by atoms with Crippen LogP contribution in [0.5, 0.6) is 0 Å². The molecule has 4 heterocycles. The lowest BCUT2D eigenvalue weighted by Gasteiger charge is -2.55. The van der Waals surface area contributed by atoms with Crippen molar-refractivity contribution < 1.29 is 26.4 Å². The van der Waals surface area contributed by atoms with Crippen molar-refractivity contribution in [2.24, 2.45) is 0 Å². The van der Waals surface area contributed by atoms with Gasteiger partial charge in [0, 0.05) is 24.7 Å². The number of aromatic amines is 1. The first kappa shape index (κ1) is 27.0. The Bertz CT molecular complexity index is 1700. The monoisotopic (exact) mass is 571 g/mol. The van der Waals surface area contributed by atoms with Gasteiger partial charge in [-0.25, -0.2) is 21.6 Å². The van der Waals surface area contributed by atoms with Crippen molar-refractivity contribution in [3.63, 3.8) is 0 Å². The number of hydrogen-bond acceptors (Lipinski definition) is 7. The van der Waals surface area contributed by atoms with E-state index in [4.69, 9.17) is 4.74 Å². The third-order valence-electron chi connectivity index (χ3n) is 6.94. The van der Waals surface area contributed by atoms with E-state index in [-0.39, 0.29) is 40.7 Å². The van der Waals surface area contributed by atoms with E-state index in [1.54, 1.807) is 37.8 Å². The number of nitrogens with one attached hydrogen (secondary N) is 2. The molecule has 0 radical (unpaired) electrons. The SMILES string of the molecule is Cc1ccc(NS(=O)(=O)c2ccc(S(=O)(=O)N3C[C@H]4C[C@@H](C3)N4C(=O)OC(C)(C)C)cc2)c2[nH]cc(C#N)c12. The highest BCUT2D eigenvalue weighted by Crippen LogP contribution is 2.36. The van der Waals surface area contributed by atoms with Crippen molar-refractivity contribution in [3.05, 3.63) is 53.7 Å². The van der Waals surface area contributed by atoms with Crippen molar-refractivity contribution in [2.45, 2.75) is 61.6 Å². The highest BCUT2D eigenvalue weighted by molar-refractivity contribution is 7.92. The van der Waals surface area contributed by atoms with Gasteiger partial charge in [-0.2, -0.15) is 9.57 Å². The summed E-state index contributed by atoms with van der Waals surface area (Å²) in [4.78, 5) is 16.9. The minimum Gasteiger partial charge on any atom is -0.444 e. The molecule has 1 amide bonds. The van der Waals surface area contributed by atoms with E-state index in [0.717, 1.165) is 5.56 Å². The summed E-state index contributed by atoms with van der Waals surface area (Å²) in [6.45, 7) is 7.46. The number of piperidine rings is 1. The van der Waals surface area contributed by atoms with Crippen LogP contribution >= 0.6 is 0 Å². The number of aromatic nitrogens is 1. The first-order valence-electron chi connectivity index (χ1n) is 12.4. The van der Waals surface area contributed by atoms with Gasteiger partial charge in [-0.3, -0.25) is 9.62 Å². The van der Waals surface area contributed by atoms with Crippen LogP contribution in [0.15, 0.2) is 52.4 Å². The molecule has 39 heavy (non-hydrogen) atoms. The molecule has 2 aromatic carbocycles. The highest BCUT2D eigenvalue weighted by Gasteiger charge is 2.51. The van der Waals surface area contributed by atoms with Gasteiger partial charge in [0.25, 0.3) is 10.0 Å². The fraction of sp³-hybridized carbons (Fsp3) is 0.385. The lowest BCUT2D eigenvalue weighted by molar-refractivity contribution is -0.0600. The van der Waals surface area contributed by atoms with E-state index in [1.807, 2.05) is 6.92 Å². The Balaban J connectivity index is 1.32. The molecule has 0 saturated carbocycles. The van der Waals surface area contributed by atoms with Crippen LogP contribution in [0.3, 0.4) is 0 Å². The largest absolute Gasteiger partial charge is 0.444 e. The summed E-state index contributed by atoms with van der Waals surface area (Å²) in [5, 5.41) is 9.98. The number of benzene rings is 2. The van der Waals surface area contributed by atoms with E-state index < -0.39 is 31.7 Å². The molecular formula is C26H29N5O6S2. The zero-order valence-corrected chi connectivity index (χ0v) is 23.6. The van der Waals surface area contributed by atoms with E-state index in [9.17, 15) is 26.9 Å². The van der Waals surface area contributed by atoms with Crippen molar-refractivity contribution in [1.29, 1.82) is 5.26 Å². The fourth-order valence-corrected chi connectivity index (χ4v) is 7.70. The Morgan fingerprint density at radius 1 is 1.05 bits per heavy atom. The van der Waals surface area contributed by atoms with Gasteiger partial charge in [0.1, 0.15) is 11.7 Å². The third kappa shape index (κ3) is 4.84. The van der Waals surface area contributed by atoms with Gasteiger partial charge in [0.15, 0.2) is 0 Å². The van der Waals surface area contributed by atoms with Gasteiger partial charge < -0.3 is 9.72 Å². The molecule has 6 rings (SSSR count). The normalized spacial score (nSPS) is 19.8. The van der Waals surface area contributed by atoms with Crippen molar-refractivity contribution in [2.75, 3.05) is 17.8 Å². The molecule has 3 aromatic rings. The first-order chi connectivity index (χ1) is 18.2. The second kappa shape index (κ2) is 9.25. The molecule has 2 bridgehead atoms. The summed E-state index contributed by atoms with van der Waals surface area (Å²) in [5.41, 5.74) is 1.35. The molecule has 3 aliphatic rings. The van der Waals surface area contributed by atoms with E-state index in [0.29, 0.717) is 22.9 Å². The van der Waals surface area contributed by atoms with Gasteiger partial charge in [-0.1, -0.05) is 6.07 Å². The highest BCUT2D eigenvalue weighted by atomic mass is 32.2. The average Bonchev–Trinajstić information content (AvgIpc) is 3.30. The Labute approximate surface area is 227 Å². The predicted octanol–water partition coefficient (Wildman–Crippen LogP) is 3.53. The molecule has 3 aliphatic heterocycles. The average molecular weight is 572 g/mol. The molecule has 1 aromatic heterocycles. The second-order valence-electron chi connectivity index (χ2n) is 10.8. The summed E-state index contributed by atoms with van der Waals surface area (Å²) >= 11 is 0. The number of hydrogen-bond donors (Lipinski definition) is 2. The molecular weight excluding hydrogens is 542 g/mol. The number of anilines is 1. The summed E-state index contributed by atoms with van der Waals surface area (Å²) in [5.74, 6) is 0. The zero-order valence-electron chi connectivity index (χ0n) is 21.9. The van der Waals surface area contributed by atoms with Crippen LogP contribution in [0, 0.1) is 18.3 Å². The van der Waals surface area contributed by atoms with Crippen LogP contribution in [0.2, 0.25) is 0 Å². The van der Waals surface area contributed by atoms with Gasteiger partial charge in [0.05, 0.1) is 38.6 Å². The van der Waals surface area contributed by atoms with Gasteiger partial charge in [-0.05, 0) is 70.0 Å². The number of aryl methyl sites for hydroxylation is 1. The summed E-state index contributed by atoms with van der Waals surface area (Å²) in [6, 6.07) is 9.90. The van der Waals surface area contributed by atoms with Crippen LogP contribution in [0.25, 0.3) is 10.9 Å². The number of amides is 1. The number of H-pyrrole nitrogens is 1. The molecule has 0 unspecified atom stereocenters. The van der Waals surface area contributed by atoms with Crippen molar-refractivity contribution in [1.82, 2.24) is 14.2 Å². The minimum atomic E-state index is -4.06. The van der Waals surface area contributed by atoms with Crippen molar-refractivity contribution >= 4 is 42.7 Å². The maximum atomic E-state index is 13.3. The van der Waals surface area contributed by atoms with Crippen LogP contribution in [0.4, 0.5) is 10.5 Å². The maximum absolute atomic E-state index is 13.3. The van der Waals surface area contributed by atoms with Gasteiger partial charge >= 0.3 is 6.09 Å². The number of nitrogens with zero attached hydrogens (tertiary/aromatic N) is 3. The fourth-order valence-electron chi connectivity index (χ4n) is 5.12. The molecule has 3 saturated heterocycles. The number of sulfonamides is 2. The number of piperazine rings is 1. The second-order valence-corrected chi connectivity index (χ2v) is 14.4. The smallest absolute Gasteiger partial charge is 0.410 e. The Hall–Kier alpha value is -3.60. The lowest BCUT2D eigenvalue weighted by Crippen LogP contribution is -2.71. The standard InChI is InChI=1S/C26H29N5O6S2/c1-16-5-10-22(24-23(16)17(12-27)13-28-24)29-38(33,34)20-6-8-21(9-7-20)39(35,36)30-14-18-11-19(15-30)31(18)25(32)37-26(2,3)4/h5-10,13,18-19,28-29H,11,14-15H2,1-4H3/t18-,19+. The Kier molecular flexibility index (Phi) is 6.40. The number of ether oxygens (including phenoxy) is 1. The third-order valence-corrected chi connectivity index (χ3v) is 10.2. The van der Waals surface area contributed by atoms with Crippen LogP contribution in [-0.4, -0.2) is 67.9 Å². The number of carbonyl (C=O) groups excluding carboxylic acids is 1. The molecule has 206 valence electrons. The van der Waals surface area contributed by atoms with Crippen LogP contribution < -0.4 is 4.72 Å². The molecule has 0 aliphatic carbocycles. The lowest BCUT2D eigenvalue weighted by atomic mass is 9.89. The minimum absolute atomic E-state index is 0.0349. The van der Waals surface area contributed by atoms with E-state index >= 15 is 0 Å². The van der Waals surface area contributed by atoms with Gasteiger partial charge in [-0.15, -0.1) is 0 Å². The summed E-state index contributed by atoms with van der Waals surface area (Å²) in [6.07, 6.45) is 1.78. The number of rotatable bonds is 5.